The SMILES string of the molecule is COC1CCC(NC(=O)[C@@H](C)N)C1. The van der Waals surface area contributed by atoms with Gasteiger partial charge >= 0.3 is 0 Å². The van der Waals surface area contributed by atoms with Gasteiger partial charge in [-0.3, -0.25) is 4.79 Å². The van der Waals surface area contributed by atoms with E-state index in [1.807, 2.05) is 0 Å². The van der Waals surface area contributed by atoms with E-state index in [-0.39, 0.29) is 11.9 Å². The number of hydrogen-bond donors (Lipinski definition) is 2. The van der Waals surface area contributed by atoms with Gasteiger partial charge in [0.15, 0.2) is 0 Å². The number of ether oxygens (including phenoxy) is 1. The summed E-state index contributed by atoms with van der Waals surface area (Å²) < 4.78 is 5.20. The highest BCUT2D eigenvalue weighted by Crippen LogP contribution is 2.21. The third kappa shape index (κ3) is 2.97. The van der Waals surface area contributed by atoms with E-state index < -0.39 is 6.04 Å². The lowest BCUT2D eigenvalue weighted by atomic mass is 10.2. The summed E-state index contributed by atoms with van der Waals surface area (Å²) in [6.07, 6.45) is 3.24. The minimum Gasteiger partial charge on any atom is -0.381 e. The second kappa shape index (κ2) is 4.58. The van der Waals surface area contributed by atoms with E-state index in [0.717, 1.165) is 19.3 Å². The molecular formula is C9H18N2O2. The molecule has 0 aromatic heterocycles. The Labute approximate surface area is 78.8 Å². The number of rotatable bonds is 3. The predicted octanol–water partition coefficient (Wildman–Crippen LogP) is 0.0173. The van der Waals surface area contributed by atoms with Gasteiger partial charge in [-0.1, -0.05) is 0 Å². The van der Waals surface area contributed by atoms with Crippen LogP contribution in [0.3, 0.4) is 0 Å². The highest BCUT2D eigenvalue weighted by molar-refractivity contribution is 5.81. The quantitative estimate of drug-likeness (QED) is 0.653. The van der Waals surface area contributed by atoms with Crippen molar-refractivity contribution >= 4 is 5.91 Å². The number of amides is 1. The van der Waals surface area contributed by atoms with Crippen LogP contribution in [0.5, 0.6) is 0 Å². The van der Waals surface area contributed by atoms with Crippen LogP contribution < -0.4 is 11.1 Å². The molecule has 3 atom stereocenters. The molecule has 4 heteroatoms. The molecular weight excluding hydrogens is 168 g/mol. The maximum absolute atomic E-state index is 11.2. The van der Waals surface area contributed by atoms with Gasteiger partial charge in [-0.05, 0) is 26.2 Å². The molecule has 4 nitrogen and oxygen atoms in total. The summed E-state index contributed by atoms with van der Waals surface area (Å²) in [6, 6.07) is -0.162. The van der Waals surface area contributed by atoms with Gasteiger partial charge in [0.1, 0.15) is 0 Å². The molecule has 0 radical (unpaired) electrons. The molecule has 1 aliphatic rings. The van der Waals surface area contributed by atoms with Crippen molar-refractivity contribution < 1.29 is 9.53 Å². The van der Waals surface area contributed by atoms with Crippen molar-refractivity contribution in [2.75, 3.05) is 7.11 Å². The molecule has 0 bridgehead atoms. The predicted molar refractivity (Wildman–Crippen MR) is 50.2 cm³/mol. The van der Waals surface area contributed by atoms with Crippen LogP contribution in [0.25, 0.3) is 0 Å². The van der Waals surface area contributed by atoms with E-state index in [0.29, 0.717) is 6.10 Å². The average molecular weight is 186 g/mol. The molecule has 13 heavy (non-hydrogen) atoms. The Morgan fingerprint density at radius 2 is 2.31 bits per heavy atom. The molecule has 0 aromatic rings. The van der Waals surface area contributed by atoms with Gasteiger partial charge in [0.2, 0.25) is 5.91 Å². The average Bonchev–Trinajstić information content (AvgIpc) is 2.52. The van der Waals surface area contributed by atoms with Crippen molar-refractivity contribution in [1.29, 1.82) is 0 Å². The van der Waals surface area contributed by atoms with Crippen LogP contribution in [0.4, 0.5) is 0 Å². The van der Waals surface area contributed by atoms with Crippen molar-refractivity contribution in [3.05, 3.63) is 0 Å². The third-order valence-electron chi connectivity index (χ3n) is 2.48. The zero-order valence-corrected chi connectivity index (χ0v) is 8.25. The first kappa shape index (κ1) is 10.5. The first-order valence-corrected chi connectivity index (χ1v) is 4.72. The number of carbonyl (C=O) groups is 1. The molecule has 1 rings (SSSR count). The number of methoxy groups -OCH3 is 1. The smallest absolute Gasteiger partial charge is 0.236 e. The van der Waals surface area contributed by atoms with Crippen LogP contribution in [0.15, 0.2) is 0 Å². The van der Waals surface area contributed by atoms with Crippen molar-refractivity contribution in [3.8, 4) is 0 Å². The van der Waals surface area contributed by atoms with Crippen LogP contribution in [-0.2, 0) is 9.53 Å². The number of carbonyl (C=O) groups excluding carboxylic acids is 1. The highest BCUT2D eigenvalue weighted by Gasteiger charge is 2.26. The molecule has 0 saturated heterocycles. The molecule has 2 unspecified atom stereocenters. The van der Waals surface area contributed by atoms with Crippen molar-refractivity contribution in [3.63, 3.8) is 0 Å². The lowest BCUT2D eigenvalue weighted by Gasteiger charge is -2.14. The van der Waals surface area contributed by atoms with E-state index in [9.17, 15) is 4.79 Å². The zero-order chi connectivity index (χ0) is 9.84. The normalized spacial score (nSPS) is 30.1. The lowest BCUT2D eigenvalue weighted by molar-refractivity contribution is -0.122. The van der Waals surface area contributed by atoms with E-state index in [4.69, 9.17) is 10.5 Å². The Kier molecular flexibility index (Phi) is 3.69. The molecule has 1 amide bonds. The summed E-state index contributed by atoms with van der Waals surface area (Å²) in [4.78, 5) is 11.2. The number of nitrogens with two attached hydrogens (primary N) is 1. The molecule has 1 aliphatic carbocycles. The van der Waals surface area contributed by atoms with Crippen molar-refractivity contribution in [2.45, 2.75) is 44.4 Å². The fourth-order valence-corrected chi connectivity index (χ4v) is 1.62. The van der Waals surface area contributed by atoms with Crippen LogP contribution >= 0.6 is 0 Å². The summed E-state index contributed by atoms with van der Waals surface area (Å²) in [5, 5.41) is 2.90. The van der Waals surface area contributed by atoms with E-state index in [1.165, 1.54) is 0 Å². The molecule has 0 aliphatic heterocycles. The molecule has 76 valence electrons. The van der Waals surface area contributed by atoms with Crippen LogP contribution in [-0.4, -0.2) is 31.2 Å². The summed E-state index contributed by atoms with van der Waals surface area (Å²) in [6.45, 7) is 1.69. The zero-order valence-electron chi connectivity index (χ0n) is 8.25. The van der Waals surface area contributed by atoms with Crippen LogP contribution in [0.2, 0.25) is 0 Å². The molecule has 3 N–H and O–H groups in total. The van der Waals surface area contributed by atoms with Crippen LogP contribution in [0.1, 0.15) is 26.2 Å². The Morgan fingerprint density at radius 1 is 1.62 bits per heavy atom. The highest BCUT2D eigenvalue weighted by atomic mass is 16.5. The van der Waals surface area contributed by atoms with E-state index >= 15 is 0 Å². The number of hydrogen-bond acceptors (Lipinski definition) is 3. The van der Waals surface area contributed by atoms with Gasteiger partial charge < -0.3 is 15.8 Å². The topological polar surface area (TPSA) is 64.3 Å². The fourth-order valence-electron chi connectivity index (χ4n) is 1.62. The summed E-state index contributed by atoms with van der Waals surface area (Å²) in [5.41, 5.74) is 5.44. The maximum atomic E-state index is 11.2. The molecule has 0 aromatic carbocycles. The lowest BCUT2D eigenvalue weighted by Crippen LogP contribution is -2.43. The first-order chi connectivity index (χ1) is 6.13. The standard InChI is InChI=1S/C9H18N2O2/c1-6(10)9(12)11-7-3-4-8(5-7)13-2/h6-8H,3-5,10H2,1-2H3,(H,11,12)/t6-,7?,8?/m1/s1. The second-order valence-electron chi connectivity index (χ2n) is 3.66. The monoisotopic (exact) mass is 186 g/mol. The maximum Gasteiger partial charge on any atom is 0.236 e. The molecule has 0 heterocycles. The molecule has 0 spiro atoms. The minimum atomic E-state index is -0.415. The minimum absolute atomic E-state index is 0.0678. The number of nitrogens with one attached hydrogen (secondary N) is 1. The molecule has 1 saturated carbocycles. The van der Waals surface area contributed by atoms with Crippen molar-refractivity contribution in [1.82, 2.24) is 5.32 Å². The largest absolute Gasteiger partial charge is 0.381 e. The Balaban J connectivity index is 2.28. The van der Waals surface area contributed by atoms with Gasteiger partial charge in [-0.2, -0.15) is 0 Å². The van der Waals surface area contributed by atoms with Crippen LogP contribution in [0, 0.1) is 0 Å². The summed E-state index contributed by atoms with van der Waals surface area (Å²) in [7, 11) is 1.71. The summed E-state index contributed by atoms with van der Waals surface area (Å²) in [5.74, 6) is -0.0678. The Hall–Kier alpha value is -0.610. The fraction of sp³-hybridized carbons (Fsp3) is 0.889. The van der Waals surface area contributed by atoms with Gasteiger partial charge in [-0.15, -0.1) is 0 Å². The third-order valence-corrected chi connectivity index (χ3v) is 2.48. The van der Waals surface area contributed by atoms with Crippen molar-refractivity contribution in [2.24, 2.45) is 5.73 Å². The van der Waals surface area contributed by atoms with E-state index in [2.05, 4.69) is 5.32 Å². The van der Waals surface area contributed by atoms with Gasteiger partial charge in [0.25, 0.3) is 0 Å². The van der Waals surface area contributed by atoms with E-state index in [1.54, 1.807) is 14.0 Å². The Morgan fingerprint density at radius 3 is 2.77 bits per heavy atom. The summed E-state index contributed by atoms with van der Waals surface area (Å²) >= 11 is 0. The first-order valence-electron chi connectivity index (χ1n) is 4.72. The molecule has 1 fully saturated rings. The Bertz CT molecular complexity index is 182. The van der Waals surface area contributed by atoms with Gasteiger partial charge in [0.05, 0.1) is 12.1 Å². The van der Waals surface area contributed by atoms with Gasteiger partial charge in [0, 0.05) is 13.2 Å². The van der Waals surface area contributed by atoms with Gasteiger partial charge in [-0.25, -0.2) is 0 Å². The second-order valence-corrected chi connectivity index (χ2v) is 3.66.